The zero-order chi connectivity index (χ0) is 21.8. The Bertz CT molecular complexity index is 1070. The molecule has 1 N–H and O–H groups in total. The average Bonchev–Trinajstić information content (AvgIpc) is 3.19. The van der Waals surface area contributed by atoms with Gasteiger partial charge in [0.15, 0.2) is 11.2 Å². The lowest BCUT2D eigenvalue weighted by Crippen LogP contribution is -2.38. The third kappa shape index (κ3) is 4.97. The predicted octanol–water partition coefficient (Wildman–Crippen LogP) is 2.64. The van der Waals surface area contributed by atoms with Crippen molar-refractivity contribution in [3.05, 3.63) is 52.3 Å². The Balaban J connectivity index is 1.52. The number of benzene rings is 1. The lowest BCUT2D eigenvalue weighted by molar-refractivity contribution is 0.0322. The van der Waals surface area contributed by atoms with E-state index < -0.39 is 0 Å². The molecular formula is C23H31N5O3. The van der Waals surface area contributed by atoms with Crippen molar-refractivity contribution >= 4 is 11.2 Å². The van der Waals surface area contributed by atoms with Gasteiger partial charge in [0.25, 0.3) is 5.56 Å². The van der Waals surface area contributed by atoms with Crippen LogP contribution in [0.15, 0.2) is 35.4 Å². The monoisotopic (exact) mass is 425 g/mol. The molecule has 0 saturated carbocycles. The van der Waals surface area contributed by atoms with Gasteiger partial charge in [0.05, 0.1) is 19.5 Å². The van der Waals surface area contributed by atoms with Crippen molar-refractivity contribution in [3.8, 4) is 5.75 Å². The topological polar surface area (TPSA) is 85.3 Å². The number of para-hydroxylation sites is 1. The lowest BCUT2D eigenvalue weighted by atomic mass is 10.1. The summed E-state index contributed by atoms with van der Waals surface area (Å²) < 4.78 is 13.5. The second kappa shape index (κ2) is 9.62. The van der Waals surface area contributed by atoms with Crippen molar-refractivity contribution in [3.63, 3.8) is 0 Å². The Morgan fingerprint density at radius 1 is 1.19 bits per heavy atom. The first-order valence-corrected chi connectivity index (χ1v) is 11.0. The summed E-state index contributed by atoms with van der Waals surface area (Å²) in [5.41, 5.74) is 1.80. The molecule has 0 spiro atoms. The van der Waals surface area contributed by atoms with Crippen LogP contribution in [0.5, 0.6) is 5.75 Å². The number of nitrogens with zero attached hydrogens (tertiary/aromatic N) is 4. The molecule has 2 aromatic heterocycles. The largest absolute Gasteiger partial charge is 0.492 e. The summed E-state index contributed by atoms with van der Waals surface area (Å²) in [5, 5.41) is 0. The van der Waals surface area contributed by atoms with Crippen LogP contribution in [-0.4, -0.2) is 63.9 Å². The summed E-state index contributed by atoms with van der Waals surface area (Å²) in [6.45, 7) is 11.3. The van der Waals surface area contributed by atoms with Crippen LogP contribution in [0.1, 0.15) is 38.2 Å². The van der Waals surface area contributed by atoms with Gasteiger partial charge >= 0.3 is 0 Å². The van der Waals surface area contributed by atoms with Gasteiger partial charge in [0, 0.05) is 37.7 Å². The van der Waals surface area contributed by atoms with Crippen LogP contribution in [0, 0.1) is 5.92 Å². The highest BCUT2D eigenvalue weighted by molar-refractivity contribution is 5.69. The van der Waals surface area contributed by atoms with E-state index in [0.717, 1.165) is 44.2 Å². The second-order valence-corrected chi connectivity index (χ2v) is 8.41. The molecular weight excluding hydrogens is 394 g/mol. The minimum absolute atomic E-state index is 0.197. The van der Waals surface area contributed by atoms with Gasteiger partial charge < -0.3 is 19.0 Å². The first-order chi connectivity index (χ1) is 15.0. The Kier molecular flexibility index (Phi) is 6.67. The molecule has 8 nitrogen and oxygen atoms in total. The Morgan fingerprint density at radius 3 is 2.74 bits per heavy atom. The predicted molar refractivity (Wildman–Crippen MR) is 120 cm³/mol. The number of fused-ring (bicyclic) bond motifs is 1. The molecule has 1 fully saturated rings. The van der Waals surface area contributed by atoms with Gasteiger partial charge in [0.1, 0.15) is 18.2 Å². The van der Waals surface area contributed by atoms with Crippen molar-refractivity contribution in [1.82, 2.24) is 24.4 Å². The highest BCUT2D eigenvalue weighted by Crippen LogP contribution is 2.23. The molecule has 0 bridgehead atoms. The fourth-order valence-electron chi connectivity index (χ4n) is 3.76. The molecule has 3 aromatic rings. The summed E-state index contributed by atoms with van der Waals surface area (Å²) in [6, 6.07) is 8.12. The molecule has 1 unspecified atom stereocenters. The van der Waals surface area contributed by atoms with E-state index >= 15 is 0 Å². The van der Waals surface area contributed by atoms with E-state index in [2.05, 4.69) is 35.6 Å². The van der Waals surface area contributed by atoms with Crippen LogP contribution in [0.4, 0.5) is 0 Å². The van der Waals surface area contributed by atoms with E-state index in [1.165, 1.54) is 0 Å². The summed E-state index contributed by atoms with van der Waals surface area (Å²) in [5.74, 6) is 1.84. The first kappa shape index (κ1) is 21.5. The van der Waals surface area contributed by atoms with Gasteiger partial charge in [-0.15, -0.1) is 0 Å². The van der Waals surface area contributed by atoms with E-state index in [1.807, 2.05) is 28.8 Å². The van der Waals surface area contributed by atoms with Crippen molar-refractivity contribution < 1.29 is 9.47 Å². The molecule has 3 heterocycles. The maximum Gasteiger partial charge on any atom is 0.279 e. The van der Waals surface area contributed by atoms with E-state index in [9.17, 15) is 4.79 Å². The van der Waals surface area contributed by atoms with Crippen molar-refractivity contribution in [2.75, 3.05) is 39.5 Å². The number of hydrogen-bond acceptors (Lipinski definition) is 6. The van der Waals surface area contributed by atoms with Gasteiger partial charge in [-0.3, -0.25) is 9.69 Å². The molecule has 0 aliphatic carbocycles. The van der Waals surface area contributed by atoms with Crippen LogP contribution in [0.25, 0.3) is 11.2 Å². The number of hydrogen-bond donors (Lipinski definition) is 1. The zero-order valence-corrected chi connectivity index (χ0v) is 18.5. The Labute approximate surface area is 182 Å². The average molecular weight is 426 g/mol. The summed E-state index contributed by atoms with van der Waals surface area (Å²) in [6.07, 6.45) is 2.20. The molecule has 0 radical (unpaired) electrons. The lowest BCUT2D eigenvalue weighted by Gasteiger charge is -2.26. The maximum atomic E-state index is 12.6. The van der Waals surface area contributed by atoms with Crippen LogP contribution < -0.4 is 10.3 Å². The summed E-state index contributed by atoms with van der Waals surface area (Å²) in [4.78, 5) is 26.9. The summed E-state index contributed by atoms with van der Waals surface area (Å²) in [7, 11) is 0. The second-order valence-electron chi connectivity index (χ2n) is 8.41. The number of aromatic amines is 1. The number of rotatable bonds is 8. The van der Waals surface area contributed by atoms with E-state index in [4.69, 9.17) is 14.5 Å². The minimum atomic E-state index is -0.208. The van der Waals surface area contributed by atoms with Crippen LogP contribution in [0.2, 0.25) is 0 Å². The molecule has 1 saturated heterocycles. The van der Waals surface area contributed by atoms with Crippen LogP contribution >= 0.6 is 0 Å². The third-order valence-electron chi connectivity index (χ3n) is 5.98. The molecule has 8 heteroatoms. The fourth-order valence-corrected chi connectivity index (χ4v) is 3.76. The van der Waals surface area contributed by atoms with Crippen LogP contribution in [0.3, 0.4) is 0 Å². The van der Waals surface area contributed by atoms with Gasteiger partial charge in [0.2, 0.25) is 0 Å². The first-order valence-electron chi connectivity index (χ1n) is 11.0. The van der Waals surface area contributed by atoms with Crippen molar-refractivity contribution in [2.24, 2.45) is 5.92 Å². The maximum absolute atomic E-state index is 12.6. The van der Waals surface area contributed by atoms with Gasteiger partial charge in [-0.1, -0.05) is 32.0 Å². The number of H-pyrrole nitrogens is 1. The molecule has 31 heavy (non-hydrogen) atoms. The number of morpholine rings is 1. The third-order valence-corrected chi connectivity index (χ3v) is 5.98. The number of ether oxygens (including phenoxy) is 2. The van der Waals surface area contributed by atoms with Crippen molar-refractivity contribution in [1.29, 1.82) is 0 Å². The number of nitrogens with one attached hydrogen (secondary N) is 1. The summed E-state index contributed by atoms with van der Waals surface area (Å²) >= 11 is 0. The molecule has 1 aliphatic rings. The SMILES string of the molecule is CC(C)C(C)n1cnc2c(=O)[nH]c(Cc3ccccc3OCCN3CCOCC3)nc21. The van der Waals surface area contributed by atoms with E-state index in [-0.39, 0.29) is 11.6 Å². The smallest absolute Gasteiger partial charge is 0.279 e. The zero-order valence-electron chi connectivity index (χ0n) is 18.5. The molecule has 1 atom stereocenters. The minimum Gasteiger partial charge on any atom is -0.492 e. The number of imidazole rings is 1. The van der Waals surface area contributed by atoms with Gasteiger partial charge in [-0.2, -0.15) is 0 Å². The van der Waals surface area contributed by atoms with Crippen LogP contribution in [-0.2, 0) is 11.2 Å². The fraction of sp³-hybridized carbons (Fsp3) is 0.522. The van der Waals surface area contributed by atoms with Gasteiger partial charge in [-0.25, -0.2) is 9.97 Å². The normalized spacial score (nSPS) is 16.1. The van der Waals surface area contributed by atoms with E-state index in [0.29, 0.717) is 35.9 Å². The Morgan fingerprint density at radius 2 is 1.97 bits per heavy atom. The molecule has 1 aliphatic heterocycles. The van der Waals surface area contributed by atoms with Crippen molar-refractivity contribution in [2.45, 2.75) is 33.2 Å². The molecule has 0 amide bonds. The van der Waals surface area contributed by atoms with E-state index in [1.54, 1.807) is 6.33 Å². The Hall–Kier alpha value is -2.71. The molecule has 1 aromatic carbocycles. The molecule has 166 valence electrons. The highest BCUT2D eigenvalue weighted by atomic mass is 16.5. The highest BCUT2D eigenvalue weighted by Gasteiger charge is 2.17. The quantitative estimate of drug-likeness (QED) is 0.597. The number of aromatic nitrogens is 4. The standard InChI is InChI=1S/C23H31N5O3/c1-16(2)17(3)28-15-24-21-22(28)25-20(26-23(21)29)14-18-6-4-5-7-19(18)31-13-10-27-8-11-30-12-9-27/h4-7,15-17H,8-14H2,1-3H3,(H,25,26,29). The van der Waals surface area contributed by atoms with Gasteiger partial charge in [-0.05, 0) is 18.9 Å². The molecule has 4 rings (SSSR count).